The van der Waals surface area contributed by atoms with Gasteiger partial charge in [-0.25, -0.2) is 0 Å². The van der Waals surface area contributed by atoms with Crippen LogP contribution in [0.25, 0.3) is 0 Å². The average molecular weight is 311 g/mol. The van der Waals surface area contributed by atoms with Gasteiger partial charge in [0.2, 0.25) is 5.91 Å². The topological polar surface area (TPSA) is 63.0 Å². The highest BCUT2D eigenvalue weighted by Gasteiger charge is 2.39. The average Bonchev–Trinajstić information content (AvgIpc) is 3.36. The first-order chi connectivity index (χ1) is 11.2. The Kier molecular flexibility index (Phi) is 4.73. The van der Waals surface area contributed by atoms with Crippen LogP contribution < -0.4 is 5.32 Å². The Morgan fingerprint density at radius 2 is 2.13 bits per heavy atom. The van der Waals surface area contributed by atoms with Crippen molar-refractivity contribution < 1.29 is 9.53 Å². The zero-order chi connectivity index (χ0) is 16.1. The molecule has 0 spiro atoms. The minimum Gasteiger partial charge on any atom is -0.371 e. The smallest absolute Gasteiger partial charge is 0.220 e. The first-order valence-corrected chi connectivity index (χ1v) is 8.03. The number of rotatable bonds is 7. The molecular weight excluding hydrogens is 290 g/mol. The normalized spacial score (nSPS) is 20.4. The molecule has 1 aromatic rings. The number of carbonyl (C=O) groups is 1. The van der Waals surface area contributed by atoms with E-state index < -0.39 is 0 Å². The summed E-state index contributed by atoms with van der Waals surface area (Å²) in [4.78, 5) is 12.0. The molecular formula is C18H21N3O2. The number of fused-ring (bicyclic) bond motifs is 1. The van der Waals surface area contributed by atoms with Crippen LogP contribution in [0.2, 0.25) is 0 Å². The van der Waals surface area contributed by atoms with E-state index in [9.17, 15) is 4.79 Å². The Labute approximate surface area is 136 Å². The molecule has 2 heterocycles. The van der Waals surface area contributed by atoms with Gasteiger partial charge in [0.1, 0.15) is 0 Å². The predicted octanol–water partition coefficient (Wildman–Crippen LogP) is 2.60. The van der Waals surface area contributed by atoms with Gasteiger partial charge >= 0.3 is 0 Å². The molecule has 0 fully saturated rings. The molecule has 2 aliphatic rings. The van der Waals surface area contributed by atoms with Gasteiger partial charge in [0, 0.05) is 38.6 Å². The molecule has 5 heteroatoms. The van der Waals surface area contributed by atoms with E-state index in [2.05, 4.69) is 33.6 Å². The van der Waals surface area contributed by atoms with Crippen molar-refractivity contribution in [3.05, 3.63) is 35.4 Å². The predicted molar refractivity (Wildman–Crippen MR) is 86.6 cm³/mol. The molecule has 1 aromatic carbocycles. The van der Waals surface area contributed by atoms with Gasteiger partial charge in [-0.2, -0.15) is 10.2 Å². The van der Waals surface area contributed by atoms with Crippen molar-refractivity contribution in [2.24, 2.45) is 10.2 Å². The van der Waals surface area contributed by atoms with Crippen LogP contribution >= 0.6 is 0 Å². The van der Waals surface area contributed by atoms with Gasteiger partial charge in [-0.1, -0.05) is 24.3 Å². The molecule has 0 radical (unpaired) electrons. The molecule has 0 saturated heterocycles. The Morgan fingerprint density at radius 3 is 2.87 bits per heavy atom. The highest BCUT2D eigenvalue weighted by Crippen LogP contribution is 2.37. The van der Waals surface area contributed by atoms with Crippen LogP contribution in [0.4, 0.5) is 0 Å². The van der Waals surface area contributed by atoms with Crippen molar-refractivity contribution >= 4 is 5.91 Å². The molecule has 0 saturated carbocycles. The van der Waals surface area contributed by atoms with E-state index in [4.69, 9.17) is 11.2 Å². The summed E-state index contributed by atoms with van der Waals surface area (Å²) in [6.45, 7) is 1.16. The summed E-state index contributed by atoms with van der Waals surface area (Å²) in [5.41, 5.74) is 2.16. The van der Waals surface area contributed by atoms with Crippen LogP contribution in [-0.4, -0.2) is 24.2 Å². The van der Waals surface area contributed by atoms with Crippen molar-refractivity contribution in [3.63, 3.8) is 0 Å². The minimum atomic E-state index is -0.385. The minimum absolute atomic E-state index is 0.0184. The summed E-state index contributed by atoms with van der Waals surface area (Å²) < 4.78 is 5.79. The van der Waals surface area contributed by atoms with Gasteiger partial charge in [-0.15, -0.1) is 12.3 Å². The maximum Gasteiger partial charge on any atom is 0.220 e. The molecule has 5 nitrogen and oxygen atoms in total. The number of hydrogen-bond donors (Lipinski definition) is 1. The van der Waals surface area contributed by atoms with Gasteiger partial charge in [0.25, 0.3) is 0 Å². The Morgan fingerprint density at radius 1 is 1.35 bits per heavy atom. The Bertz CT molecular complexity index is 642. The van der Waals surface area contributed by atoms with Crippen LogP contribution in [0.15, 0.2) is 34.5 Å². The number of benzene rings is 1. The fourth-order valence-corrected chi connectivity index (χ4v) is 2.84. The summed E-state index contributed by atoms with van der Waals surface area (Å²) in [6, 6.07) is 8.27. The lowest BCUT2D eigenvalue weighted by Gasteiger charge is -2.25. The fraction of sp³-hybridized carbons (Fsp3) is 0.500. The van der Waals surface area contributed by atoms with Gasteiger partial charge in [0.15, 0.2) is 5.66 Å². The molecule has 23 heavy (non-hydrogen) atoms. The molecule has 1 amide bonds. The van der Waals surface area contributed by atoms with Crippen molar-refractivity contribution in [1.29, 1.82) is 0 Å². The lowest BCUT2D eigenvalue weighted by atomic mass is 9.99. The van der Waals surface area contributed by atoms with Crippen LogP contribution in [0.1, 0.15) is 36.8 Å². The maximum atomic E-state index is 12.0. The Balaban J connectivity index is 1.38. The summed E-state index contributed by atoms with van der Waals surface area (Å²) in [6.07, 6.45) is 8.57. The second-order valence-corrected chi connectivity index (χ2v) is 6.10. The standard InChI is InChI=1S/C18H21N3O2/c1-2-3-9-18(20-21-18)10-8-17(22)19-12-16-11-14-6-4-5-7-15(14)13-23-16/h1,4-7,16H,3,8-13H2,(H,19,22)/t16-/m0/s1. The van der Waals surface area contributed by atoms with Gasteiger partial charge in [-0.05, 0) is 11.1 Å². The molecule has 0 aliphatic carbocycles. The molecule has 0 unspecified atom stereocenters. The molecule has 0 bridgehead atoms. The summed E-state index contributed by atoms with van der Waals surface area (Å²) in [5.74, 6) is 2.61. The third-order valence-electron chi connectivity index (χ3n) is 4.37. The summed E-state index contributed by atoms with van der Waals surface area (Å²) >= 11 is 0. The summed E-state index contributed by atoms with van der Waals surface area (Å²) in [7, 11) is 0. The largest absolute Gasteiger partial charge is 0.371 e. The second-order valence-electron chi connectivity index (χ2n) is 6.10. The first kappa shape index (κ1) is 15.7. The Hall–Kier alpha value is -2.19. The zero-order valence-electron chi connectivity index (χ0n) is 13.1. The molecule has 2 aliphatic heterocycles. The highest BCUT2D eigenvalue weighted by atomic mass is 16.5. The van der Waals surface area contributed by atoms with Crippen molar-refractivity contribution in [1.82, 2.24) is 5.32 Å². The first-order valence-electron chi connectivity index (χ1n) is 8.03. The van der Waals surface area contributed by atoms with Crippen LogP contribution in [-0.2, 0) is 22.6 Å². The van der Waals surface area contributed by atoms with Gasteiger partial charge in [0.05, 0.1) is 12.7 Å². The molecule has 120 valence electrons. The number of carbonyl (C=O) groups excluding carboxylic acids is 1. The summed E-state index contributed by atoms with van der Waals surface area (Å²) in [5, 5.41) is 11.0. The van der Waals surface area contributed by atoms with Gasteiger partial charge in [-0.3, -0.25) is 4.79 Å². The number of nitrogens with zero attached hydrogens (tertiary/aromatic N) is 2. The molecule has 3 rings (SSSR count). The molecule has 0 aromatic heterocycles. The second kappa shape index (κ2) is 6.93. The van der Waals surface area contributed by atoms with E-state index in [1.807, 2.05) is 12.1 Å². The molecule has 1 N–H and O–H groups in total. The monoisotopic (exact) mass is 311 g/mol. The highest BCUT2D eigenvalue weighted by molar-refractivity contribution is 5.76. The van der Waals surface area contributed by atoms with Crippen molar-refractivity contribution in [2.75, 3.05) is 6.54 Å². The van der Waals surface area contributed by atoms with Crippen molar-refractivity contribution in [2.45, 2.75) is 50.5 Å². The number of amides is 1. The lowest BCUT2D eigenvalue weighted by Crippen LogP contribution is -2.37. The number of terminal acetylenes is 1. The lowest BCUT2D eigenvalue weighted by molar-refractivity contribution is -0.122. The zero-order valence-corrected chi connectivity index (χ0v) is 13.1. The quantitative estimate of drug-likeness (QED) is 0.787. The van der Waals surface area contributed by atoms with Crippen LogP contribution in [0.5, 0.6) is 0 Å². The van der Waals surface area contributed by atoms with E-state index in [-0.39, 0.29) is 17.7 Å². The number of ether oxygens (including phenoxy) is 1. The molecule has 1 atom stereocenters. The number of hydrogen-bond acceptors (Lipinski definition) is 4. The van der Waals surface area contributed by atoms with Crippen LogP contribution in [0, 0.1) is 12.3 Å². The van der Waals surface area contributed by atoms with E-state index in [0.29, 0.717) is 32.4 Å². The van der Waals surface area contributed by atoms with Crippen LogP contribution in [0.3, 0.4) is 0 Å². The van der Waals surface area contributed by atoms with E-state index in [0.717, 1.165) is 12.8 Å². The fourth-order valence-electron chi connectivity index (χ4n) is 2.84. The number of nitrogens with one attached hydrogen (secondary N) is 1. The SMILES string of the molecule is C#CCCC1(CCC(=O)NC[C@@H]2Cc3ccccc3CO2)N=N1. The van der Waals surface area contributed by atoms with Gasteiger partial charge < -0.3 is 10.1 Å². The third kappa shape index (κ3) is 4.17. The maximum absolute atomic E-state index is 12.0. The van der Waals surface area contributed by atoms with E-state index in [1.165, 1.54) is 11.1 Å². The third-order valence-corrected chi connectivity index (χ3v) is 4.37. The van der Waals surface area contributed by atoms with Crippen molar-refractivity contribution in [3.8, 4) is 12.3 Å². The van der Waals surface area contributed by atoms with E-state index >= 15 is 0 Å². The van der Waals surface area contributed by atoms with E-state index in [1.54, 1.807) is 0 Å².